The van der Waals surface area contributed by atoms with Crippen LogP contribution in [0, 0.1) is 11.6 Å². The molecule has 1 aliphatic heterocycles. The van der Waals surface area contributed by atoms with Gasteiger partial charge in [0.05, 0.1) is 11.4 Å². The van der Waals surface area contributed by atoms with Crippen molar-refractivity contribution >= 4 is 34.9 Å². The first-order valence-electron chi connectivity index (χ1n) is 9.24. The van der Waals surface area contributed by atoms with Crippen molar-refractivity contribution < 1.29 is 23.2 Å². The summed E-state index contributed by atoms with van der Waals surface area (Å²) in [5, 5.41) is -0.598. The third-order valence-electron chi connectivity index (χ3n) is 4.80. The number of rotatable bonds is 5. The maximum Gasteiger partial charge on any atom is 0.293 e. The first-order chi connectivity index (χ1) is 14.2. The number of benzene rings is 2. The van der Waals surface area contributed by atoms with Crippen molar-refractivity contribution in [3.63, 3.8) is 0 Å². The van der Waals surface area contributed by atoms with Gasteiger partial charge in [0, 0.05) is 24.2 Å². The second-order valence-corrected chi connectivity index (χ2v) is 8.09. The Hall–Kier alpha value is -3.00. The Balaban J connectivity index is 1.78. The van der Waals surface area contributed by atoms with Crippen LogP contribution in [-0.4, -0.2) is 39.9 Å². The fraction of sp³-hybridized carbons (Fsp3) is 0.227. The van der Waals surface area contributed by atoms with Gasteiger partial charge in [-0.2, -0.15) is 0 Å². The molecule has 1 aliphatic rings. The zero-order valence-electron chi connectivity index (χ0n) is 16.7. The van der Waals surface area contributed by atoms with E-state index in [0.717, 1.165) is 17.0 Å². The number of imide groups is 1. The molecule has 1 saturated heterocycles. The summed E-state index contributed by atoms with van der Waals surface area (Å²) in [7, 11) is 1.72. The molecule has 0 atom stereocenters. The van der Waals surface area contributed by atoms with E-state index in [4.69, 9.17) is 0 Å². The first-order valence-corrected chi connectivity index (χ1v) is 10.1. The lowest BCUT2D eigenvalue weighted by atomic mass is 10.1. The van der Waals surface area contributed by atoms with Gasteiger partial charge in [0.2, 0.25) is 0 Å². The lowest BCUT2D eigenvalue weighted by molar-refractivity contribution is -0.123. The monoisotopic (exact) mass is 430 g/mol. The largest absolute Gasteiger partial charge is 0.339 e. The van der Waals surface area contributed by atoms with Crippen molar-refractivity contribution in [3.05, 3.63) is 75.7 Å². The molecule has 3 rings (SSSR count). The molecule has 1 fully saturated rings. The van der Waals surface area contributed by atoms with Gasteiger partial charge in [-0.15, -0.1) is 0 Å². The van der Waals surface area contributed by atoms with Crippen LogP contribution in [0.2, 0.25) is 0 Å². The number of halogens is 2. The summed E-state index contributed by atoms with van der Waals surface area (Å²) < 4.78 is 27.7. The van der Waals surface area contributed by atoms with Gasteiger partial charge in [0.15, 0.2) is 0 Å². The molecule has 1 heterocycles. The molecule has 30 heavy (non-hydrogen) atoms. The Kier molecular flexibility index (Phi) is 6.36. The minimum absolute atomic E-state index is 0.0584. The van der Waals surface area contributed by atoms with Gasteiger partial charge >= 0.3 is 0 Å². The Morgan fingerprint density at radius 2 is 1.70 bits per heavy atom. The minimum atomic E-state index is -0.815. The average Bonchev–Trinajstić information content (AvgIpc) is 2.97. The fourth-order valence-electron chi connectivity index (χ4n) is 2.79. The molecule has 0 aliphatic carbocycles. The predicted octanol–water partition coefficient (Wildman–Crippen LogP) is 4.68. The van der Waals surface area contributed by atoms with Gasteiger partial charge in [0.1, 0.15) is 11.6 Å². The topological polar surface area (TPSA) is 57.7 Å². The first kappa shape index (κ1) is 21.7. The smallest absolute Gasteiger partial charge is 0.293 e. The van der Waals surface area contributed by atoms with Crippen molar-refractivity contribution in [2.45, 2.75) is 26.4 Å². The van der Waals surface area contributed by atoms with Crippen molar-refractivity contribution in [1.29, 1.82) is 0 Å². The molecule has 0 spiro atoms. The third-order valence-corrected chi connectivity index (χ3v) is 5.71. The van der Waals surface area contributed by atoms with Crippen LogP contribution in [-0.2, 0) is 11.3 Å². The van der Waals surface area contributed by atoms with Crippen LogP contribution < -0.4 is 0 Å². The van der Waals surface area contributed by atoms with Gasteiger partial charge in [-0.05, 0) is 61.5 Å². The zero-order chi connectivity index (χ0) is 22.0. The Labute approximate surface area is 177 Å². The molecule has 0 saturated carbocycles. The summed E-state index contributed by atoms with van der Waals surface area (Å²) in [4.78, 5) is 39.7. The van der Waals surface area contributed by atoms with Gasteiger partial charge in [-0.3, -0.25) is 19.3 Å². The molecule has 0 radical (unpaired) electrons. The van der Waals surface area contributed by atoms with Crippen molar-refractivity contribution in [1.82, 2.24) is 9.80 Å². The maximum atomic E-state index is 13.9. The standard InChI is InChI=1S/C22H20F2N2O3S/c1-13(2)25(3)20(27)15-9-7-14(8-10-15)11-19-21(28)26(22(29)30-19)12-16-17(23)5-4-6-18(16)24/h4-11,13H,12H2,1-3H3/b19-11-. The van der Waals surface area contributed by atoms with E-state index in [2.05, 4.69) is 0 Å². The van der Waals surface area contributed by atoms with Crippen LogP contribution in [0.1, 0.15) is 35.3 Å². The maximum absolute atomic E-state index is 13.9. The summed E-state index contributed by atoms with van der Waals surface area (Å²) in [5.41, 5.74) is 0.797. The second kappa shape index (κ2) is 8.79. The molecule has 0 unspecified atom stereocenters. The predicted molar refractivity (Wildman–Crippen MR) is 112 cm³/mol. The normalized spacial score (nSPS) is 15.4. The SMILES string of the molecule is CC(C)N(C)C(=O)c1ccc(/C=C2\SC(=O)N(Cc3c(F)cccc3F)C2=O)cc1. The summed E-state index contributed by atoms with van der Waals surface area (Å²) in [5.74, 6) is -2.37. The lowest BCUT2D eigenvalue weighted by Gasteiger charge is -2.21. The number of nitrogens with zero attached hydrogens (tertiary/aromatic N) is 2. The molecule has 5 nitrogen and oxygen atoms in total. The van der Waals surface area contributed by atoms with Crippen LogP contribution in [0.5, 0.6) is 0 Å². The Bertz CT molecular complexity index is 1010. The van der Waals surface area contributed by atoms with Gasteiger partial charge < -0.3 is 4.90 Å². The van der Waals surface area contributed by atoms with Crippen LogP contribution in [0.15, 0.2) is 47.4 Å². The van der Waals surface area contributed by atoms with Gasteiger partial charge in [0.25, 0.3) is 17.1 Å². The van der Waals surface area contributed by atoms with E-state index in [9.17, 15) is 23.2 Å². The van der Waals surface area contributed by atoms with Crippen LogP contribution >= 0.6 is 11.8 Å². The molecule has 0 N–H and O–H groups in total. The van der Waals surface area contributed by atoms with E-state index in [1.54, 1.807) is 36.2 Å². The molecule has 0 bridgehead atoms. The molecular weight excluding hydrogens is 410 g/mol. The summed E-state index contributed by atoms with van der Waals surface area (Å²) in [6, 6.07) is 10.1. The number of amides is 3. The number of hydrogen-bond acceptors (Lipinski definition) is 4. The van der Waals surface area contributed by atoms with E-state index in [1.807, 2.05) is 13.8 Å². The summed E-state index contributed by atoms with van der Waals surface area (Å²) >= 11 is 0.705. The third kappa shape index (κ3) is 4.43. The van der Waals surface area contributed by atoms with E-state index >= 15 is 0 Å². The molecular formula is C22H20F2N2O3S. The van der Waals surface area contributed by atoms with E-state index < -0.39 is 29.3 Å². The number of carbonyl (C=O) groups excluding carboxylic acids is 3. The van der Waals surface area contributed by atoms with Gasteiger partial charge in [-0.25, -0.2) is 8.78 Å². The minimum Gasteiger partial charge on any atom is -0.339 e. The van der Waals surface area contributed by atoms with Crippen molar-refractivity contribution in [2.24, 2.45) is 0 Å². The highest BCUT2D eigenvalue weighted by Gasteiger charge is 2.36. The highest BCUT2D eigenvalue weighted by molar-refractivity contribution is 8.18. The van der Waals surface area contributed by atoms with Crippen molar-refractivity contribution in [2.75, 3.05) is 7.05 Å². The highest BCUT2D eigenvalue weighted by atomic mass is 32.2. The number of hydrogen-bond donors (Lipinski definition) is 0. The molecule has 156 valence electrons. The molecule has 2 aromatic carbocycles. The quantitative estimate of drug-likeness (QED) is 0.647. The van der Waals surface area contributed by atoms with Crippen LogP contribution in [0.4, 0.5) is 13.6 Å². The summed E-state index contributed by atoms with van der Waals surface area (Å²) in [6.07, 6.45) is 1.52. The highest BCUT2D eigenvalue weighted by Crippen LogP contribution is 2.34. The molecule has 8 heteroatoms. The molecule has 2 aromatic rings. The van der Waals surface area contributed by atoms with E-state index in [-0.39, 0.29) is 22.4 Å². The van der Waals surface area contributed by atoms with Crippen molar-refractivity contribution in [3.8, 4) is 0 Å². The van der Waals surface area contributed by atoms with E-state index in [0.29, 0.717) is 22.9 Å². The summed E-state index contributed by atoms with van der Waals surface area (Å²) in [6.45, 7) is 3.35. The molecule has 3 amide bonds. The number of carbonyl (C=O) groups is 3. The van der Waals surface area contributed by atoms with Gasteiger partial charge in [-0.1, -0.05) is 18.2 Å². The number of thioether (sulfide) groups is 1. The van der Waals surface area contributed by atoms with Crippen LogP contribution in [0.3, 0.4) is 0 Å². The lowest BCUT2D eigenvalue weighted by Crippen LogP contribution is -2.32. The zero-order valence-corrected chi connectivity index (χ0v) is 17.5. The fourth-order valence-corrected chi connectivity index (χ4v) is 3.63. The van der Waals surface area contributed by atoms with Crippen LogP contribution in [0.25, 0.3) is 6.08 Å². The average molecular weight is 430 g/mol. The Morgan fingerprint density at radius 3 is 2.27 bits per heavy atom. The van der Waals surface area contributed by atoms with E-state index in [1.165, 1.54) is 12.1 Å². The molecule has 0 aromatic heterocycles. The second-order valence-electron chi connectivity index (χ2n) is 7.10. The Morgan fingerprint density at radius 1 is 1.10 bits per heavy atom.